The van der Waals surface area contributed by atoms with Crippen LogP contribution in [-0.4, -0.2) is 33.4 Å². The van der Waals surface area contributed by atoms with Gasteiger partial charge in [0.1, 0.15) is 5.82 Å². The lowest BCUT2D eigenvalue weighted by molar-refractivity contribution is -0.124. The van der Waals surface area contributed by atoms with Gasteiger partial charge in [-0.05, 0) is 49.2 Å². The average Bonchev–Trinajstić information content (AvgIpc) is 2.66. The smallest absolute Gasteiger partial charge is 0.340 e. The summed E-state index contributed by atoms with van der Waals surface area (Å²) in [5.41, 5.74) is 0.116. The van der Waals surface area contributed by atoms with Gasteiger partial charge in [0.25, 0.3) is 15.9 Å². The zero-order valence-corrected chi connectivity index (χ0v) is 16.3. The highest BCUT2D eigenvalue weighted by atomic mass is 32.2. The molecule has 2 rings (SSSR count). The predicted molar refractivity (Wildman–Crippen MR) is 102 cm³/mol. The summed E-state index contributed by atoms with van der Waals surface area (Å²) in [4.78, 5) is 23.7. The number of esters is 1. The molecule has 0 heterocycles. The van der Waals surface area contributed by atoms with Gasteiger partial charge in [-0.2, -0.15) is 0 Å². The van der Waals surface area contributed by atoms with Gasteiger partial charge in [0.2, 0.25) is 0 Å². The third-order valence-electron chi connectivity index (χ3n) is 3.74. The normalized spacial score (nSPS) is 11.0. The fourth-order valence-electron chi connectivity index (χ4n) is 2.26. The van der Waals surface area contributed by atoms with Crippen LogP contribution in [0.15, 0.2) is 47.4 Å². The molecule has 28 heavy (non-hydrogen) atoms. The molecule has 2 aromatic carbocycles. The highest BCUT2D eigenvalue weighted by molar-refractivity contribution is 7.92. The lowest BCUT2D eigenvalue weighted by Gasteiger charge is -2.13. The van der Waals surface area contributed by atoms with E-state index in [1.807, 2.05) is 6.92 Å². The summed E-state index contributed by atoms with van der Waals surface area (Å²) in [6, 6.07) is 9.22. The van der Waals surface area contributed by atoms with Gasteiger partial charge in [-0.1, -0.05) is 19.1 Å². The molecule has 2 N–H and O–H groups in total. The SMILES string of the molecule is CCCNC(=O)COC(=O)c1ccccc1NS(=O)(=O)c1ccc(F)c(C)c1. The largest absolute Gasteiger partial charge is 0.452 e. The first-order chi connectivity index (χ1) is 13.2. The molecule has 0 fully saturated rings. The van der Waals surface area contributed by atoms with E-state index in [0.717, 1.165) is 18.6 Å². The fourth-order valence-corrected chi connectivity index (χ4v) is 3.43. The van der Waals surface area contributed by atoms with Crippen molar-refractivity contribution in [3.05, 3.63) is 59.4 Å². The number of rotatable bonds is 8. The van der Waals surface area contributed by atoms with Gasteiger partial charge in [-0.3, -0.25) is 9.52 Å². The third-order valence-corrected chi connectivity index (χ3v) is 5.10. The third kappa shape index (κ3) is 5.53. The first-order valence-corrected chi connectivity index (χ1v) is 10.0. The minimum atomic E-state index is -4.06. The number of benzene rings is 2. The Morgan fingerprint density at radius 1 is 1.14 bits per heavy atom. The second-order valence-electron chi connectivity index (χ2n) is 5.99. The molecule has 0 radical (unpaired) electrons. The molecule has 0 unspecified atom stereocenters. The van der Waals surface area contributed by atoms with E-state index >= 15 is 0 Å². The Labute approximate surface area is 163 Å². The number of anilines is 1. The number of nitrogens with one attached hydrogen (secondary N) is 2. The highest BCUT2D eigenvalue weighted by Crippen LogP contribution is 2.22. The molecule has 2 aromatic rings. The van der Waals surface area contributed by atoms with Gasteiger partial charge in [0.05, 0.1) is 16.1 Å². The Bertz CT molecular complexity index is 976. The number of hydrogen-bond acceptors (Lipinski definition) is 5. The van der Waals surface area contributed by atoms with Crippen molar-refractivity contribution in [3.8, 4) is 0 Å². The summed E-state index contributed by atoms with van der Waals surface area (Å²) in [6.07, 6.45) is 0.743. The van der Waals surface area contributed by atoms with Crippen molar-refractivity contribution >= 4 is 27.6 Å². The molecule has 0 aliphatic carbocycles. The number of aryl methyl sites for hydroxylation is 1. The van der Waals surface area contributed by atoms with Crippen LogP contribution in [-0.2, 0) is 19.6 Å². The van der Waals surface area contributed by atoms with E-state index in [4.69, 9.17) is 4.74 Å². The van der Waals surface area contributed by atoms with Crippen molar-refractivity contribution in [2.24, 2.45) is 0 Å². The summed E-state index contributed by atoms with van der Waals surface area (Å²) in [5, 5.41) is 2.57. The molecule has 0 aliphatic rings. The van der Waals surface area contributed by atoms with E-state index in [1.54, 1.807) is 6.07 Å². The van der Waals surface area contributed by atoms with Gasteiger partial charge in [0, 0.05) is 6.54 Å². The summed E-state index contributed by atoms with van der Waals surface area (Å²) in [5.74, 6) is -1.82. The number of ether oxygens (including phenoxy) is 1. The second-order valence-corrected chi connectivity index (χ2v) is 7.67. The maximum Gasteiger partial charge on any atom is 0.340 e. The minimum Gasteiger partial charge on any atom is -0.452 e. The Morgan fingerprint density at radius 3 is 2.54 bits per heavy atom. The summed E-state index contributed by atoms with van der Waals surface area (Å²) in [7, 11) is -4.06. The molecule has 0 aliphatic heterocycles. The Morgan fingerprint density at radius 2 is 1.86 bits per heavy atom. The van der Waals surface area contributed by atoms with Crippen LogP contribution in [0.5, 0.6) is 0 Å². The minimum absolute atomic E-state index is 0.0107. The van der Waals surface area contributed by atoms with Gasteiger partial charge in [-0.15, -0.1) is 0 Å². The molecule has 0 spiro atoms. The van der Waals surface area contributed by atoms with Crippen LogP contribution < -0.4 is 10.0 Å². The molecular weight excluding hydrogens is 387 g/mol. The molecule has 9 heteroatoms. The Kier molecular flexibility index (Phi) is 7.11. The van der Waals surface area contributed by atoms with Crippen molar-refractivity contribution in [3.63, 3.8) is 0 Å². The Hall–Kier alpha value is -2.94. The molecule has 7 nitrogen and oxygen atoms in total. The van der Waals surface area contributed by atoms with Crippen LogP contribution >= 0.6 is 0 Å². The molecule has 0 saturated carbocycles. The van der Waals surface area contributed by atoms with Crippen molar-refractivity contribution in [2.45, 2.75) is 25.2 Å². The number of amides is 1. The van der Waals surface area contributed by atoms with E-state index in [1.165, 1.54) is 31.2 Å². The van der Waals surface area contributed by atoms with Crippen LogP contribution in [0, 0.1) is 12.7 Å². The lowest BCUT2D eigenvalue weighted by Crippen LogP contribution is -2.29. The number of carbonyl (C=O) groups excluding carboxylic acids is 2. The number of hydrogen-bond donors (Lipinski definition) is 2. The Balaban J connectivity index is 2.18. The number of carbonyl (C=O) groups is 2. The standard InChI is InChI=1S/C19H21FN2O5S/c1-3-10-21-18(23)12-27-19(24)15-6-4-5-7-17(15)22-28(25,26)14-8-9-16(20)13(2)11-14/h4-9,11,22H,3,10,12H2,1-2H3,(H,21,23). The van der Waals surface area contributed by atoms with Gasteiger partial charge >= 0.3 is 5.97 Å². The summed E-state index contributed by atoms with van der Waals surface area (Å²) in [6.45, 7) is 3.32. The van der Waals surface area contributed by atoms with Gasteiger partial charge in [0.15, 0.2) is 6.61 Å². The molecule has 0 bridgehead atoms. The molecule has 0 saturated heterocycles. The summed E-state index contributed by atoms with van der Waals surface area (Å²) >= 11 is 0. The van der Waals surface area contributed by atoms with E-state index < -0.39 is 34.3 Å². The predicted octanol–water partition coefficient (Wildman–Crippen LogP) is 2.62. The highest BCUT2D eigenvalue weighted by Gasteiger charge is 2.20. The van der Waals surface area contributed by atoms with E-state index in [-0.39, 0.29) is 21.7 Å². The van der Waals surface area contributed by atoms with Crippen LogP contribution in [0.25, 0.3) is 0 Å². The van der Waals surface area contributed by atoms with Crippen molar-refractivity contribution < 1.29 is 27.1 Å². The van der Waals surface area contributed by atoms with Crippen molar-refractivity contribution in [2.75, 3.05) is 17.9 Å². The zero-order chi connectivity index (χ0) is 20.7. The fraction of sp³-hybridized carbons (Fsp3) is 0.263. The molecule has 0 aromatic heterocycles. The van der Waals surface area contributed by atoms with E-state index in [0.29, 0.717) is 6.54 Å². The molecule has 150 valence electrons. The molecule has 1 amide bonds. The summed E-state index contributed by atoms with van der Waals surface area (Å²) < 4.78 is 45.8. The average molecular weight is 408 g/mol. The second kappa shape index (κ2) is 9.32. The van der Waals surface area contributed by atoms with Crippen molar-refractivity contribution in [1.82, 2.24) is 5.32 Å². The molecular formula is C19H21FN2O5S. The number of sulfonamides is 1. The van der Waals surface area contributed by atoms with Crippen LogP contribution in [0.1, 0.15) is 29.3 Å². The van der Waals surface area contributed by atoms with Gasteiger partial charge < -0.3 is 10.1 Å². The van der Waals surface area contributed by atoms with E-state index in [2.05, 4.69) is 10.0 Å². The van der Waals surface area contributed by atoms with Crippen LogP contribution in [0.2, 0.25) is 0 Å². The quantitative estimate of drug-likeness (QED) is 0.654. The number of halogens is 1. The van der Waals surface area contributed by atoms with Crippen LogP contribution in [0.3, 0.4) is 0 Å². The maximum atomic E-state index is 13.4. The first-order valence-electron chi connectivity index (χ1n) is 8.56. The van der Waals surface area contributed by atoms with E-state index in [9.17, 15) is 22.4 Å². The zero-order valence-electron chi connectivity index (χ0n) is 15.5. The number of para-hydroxylation sites is 1. The van der Waals surface area contributed by atoms with Gasteiger partial charge in [-0.25, -0.2) is 17.6 Å². The lowest BCUT2D eigenvalue weighted by atomic mass is 10.2. The first kappa shape index (κ1) is 21.4. The maximum absolute atomic E-state index is 13.4. The molecule has 0 atom stereocenters. The topological polar surface area (TPSA) is 102 Å². The van der Waals surface area contributed by atoms with Crippen molar-refractivity contribution in [1.29, 1.82) is 0 Å². The monoisotopic (exact) mass is 408 g/mol. The van der Waals surface area contributed by atoms with Crippen LogP contribution in [0.4, 0.5) is 10.1 Å².